The van der Waals surface area contributed by atoms with E-state index in [0.717, 1.165) is 4.90 Å². The Labute approximate surface area is 162 Å². The molecule has 9 nitrogen and oxygen atoms in total. The molecular weight excluding hydrogens is 366 g/mol. The van der Waals surface area contributed by atoms with Gasteiger partial charge in [-0.25, -0.2) is 9.59 Å². The Hall–Kier alpha value is -3.10. The highest BCUT2D eigenvalue weighted by Crippen LogP contribution is 2.32. The predicted molar refractivity (Wildman–Crippen MR) is 97.6 cm³/mol. The summed E-state index contributed by atoms with van der Waals surface area (Å²) in [5, 5.41) is 11.9. The largest absolute Gasteiger partial charge is 0.497 e. The summed E-state index contributed by atoms with van der Waals surface area (Å²) < 4.78 is 5.10. The molecule has 0 bridgehead atoms. The van der Waals surface area contributed by atoms with E-state index in [0.29, 0.717) is 24.2 Å². The van der Waals surface area contributed by atoms with Gasteiger partial charge in [0.2, 0.25) is 5.91 Å². The monoisotopic (exact) mass is 389 g/mol. The third kappa shape index (κ3) is 3.39. The van der Waals surface area contributed by atoms with Crippen LogP contribution in [0, 0.1) is 0 Å². The van der Waals surface area contributed by atoms with Crippen LogP contribution in [-0.2, 0) is 19.9 Å². The number of carbonyl (C=O) groups is 4. The van der Waals surface area contributed by atoms with Crippen molar-refractivity contribution in [1.29, 1.82) is 0 Å². The number of methoxy groups -OCH3 is 1. The zero-order valence-electron chi connectivity index (χ0n) is 16.0. The number of imide groups is 1. The van der Waals surface area contributed by atoms with Gasteiger partial charge in [0.15, 0.2) is 0 Å². The number of ether oxygens (including phenoxy) is 1. The van der Waals surface area contributed by atoms with E-state index in [2.05, 4.69) is 5.32 Å². The average Bonchev–Trinajstić information content (AvgIpc) is 3.46. The number of benzene rings is 1. The lowest BCUT2D eigenvalue weighted by atomic mass is 9.92. The van der Waals surface area contributed by atoms with E-state index in [-0.39, 0.29) is 6.04 Å². The number of nitrogens with one attached hydrogen (secondary N) is 1. The maximum absolute atomic E-state index is 13.0. The quantitative estimate of drug-likeness (QED) is 0.670. The number of hydrogen-bond acceptors (Lipinski definition) is 5. The summed E-state index contributed by atoms with van der Waals surface area (Å²) in [7, 11) is 1.52. The van der Waals surface area contributed by atoms with E-state index in [1.165, 1.54) is 18.9 Å². The van der Waals surface area contributed by atoms with Crippen LogP contribution in [0.5, 0.6) is 5.75 Å². The van der Waals surface area contributed by atoms with E-state index >= 15 is 0 Å². The fourth-order valence-electron chi connectivity index (χ4n) is 3.39. The number of amides is 4. The van der Waals surface area contributed by atoms with Crippen molar-refractivity contribution in [2.45, 2.75) is 44.3 Å². The van der Waals surface area contributed by atoms with Gasteiger partial charge in [0, 0.05) is 6.04 Å². The Balaban J connectivity index is 1.79. The zero-order valence-corrected chi connectivity index (χ0v) is 16.0. The number of urea groups is 1. The molecule has 1 aromatic rings. The second-order valence-corrected chi connectivity index (χ2v) is 7.22. The van der Waals surface area contributed by atoms with E-state index < -0.39 is 41.9 Å². The van der Waals surface area contributed by atoms with Crippen LogP contribution in [0.25, 0.3) is 0 Å². The minimum atomic E-state index is -1.31. The van der Waals surface area contributed by atoms with Gasteiger partial charge in [-0.3, -0.25) is 14.5 Å². The van der Waals surface area contributed by atoms with Crippen molar-refractivity contribution in [1.82, 2.24) is 15.1 Å². The molecule has 3 rings (SSSR count). The van der Waals surface area contributed by atoms with Crippen LogP contribution in [-0.4, -0.2) is 64.5 Å². The molecule has 1 heterocycles. The van der Waals surface area contributed by atoms with E-state index in [1.54, 1.807) is 31.2 Å². The van der Waals surface area contributed by atoms with Gasteiger partial charge in [0.05, 0.1) is 7.11 Å². The Bertz CT molecular complexity index is 819. The second-order valence-electron chi connectivity index (χ2n) is 7.22. The molecule has 150 valence electrons. The van der Waals surface area contributed by atoms with Crippen LogP contribution in [0.1, 0.15) is 32.3 Å². The normalized spacial score (nSPS) is 22.6. The van der Waals surface area contributed by atoms with E-state index in [1.807, 2.05) is 0 Å². The number of aliphatic carboxylic acids is 1. The molecule has 0 radical (unpaired) electrons. The SMILES string of the molecule is COc1ccc(C2(C)NC(=O)N(CC(=O)N(C3CC3)C(C)C(=O)O)C2=O)cc1. The minimum Gasteiger partial charge on any atom is -0.497 e. The molecule has 1 saturated heterocycles. The van der Waals surface area contributed by atoms with Gasteiger partial charge < -0.3 is 20.1 Å². The van der Waals surface area contributed by atoms with Crippen molar-refractivity contribution in [2.24, 2.45) is 0 Å². The number of carboxylic acid groups (broad SMARTS) is 1. The highest BCUT2D eigenvalue weighted by molar-refractivity contribution is 6.09. The van der Waals surface area contributed by atoms with Gasteiger partial charge in [-0.1, -0.05) is 12.1 Å². The summed E-state index contributed by atoms with van der Waals surface area (Å²) >= 11 is 0. The third-order valence-electron chi connectivity index (χ3n) is 5.24. The molecule has 1 aliphatic carbocycles. The molecule has 1 aliphatic heterocycles. The standard InChI is InChI=1S/C19H23N3O6/c1-11(16(24)25)22(13-6-7-13)15(23)10-21-17(26)19(2,20-18(21)27)12-4-8-14(28-3)9-5-12/h4-5,8-9,11,13H,6-7,10H2,1-3H3,(H,20,27)(H,24,25). The number of nitrogens with zero attached hydrogens (tertiary/aromatic N) is 2. The predicted octanol–water partition coefficient (Wildman–Crippen LogP) is 0.926. The number of rotatable bonds is 7. The molecule has 9 heteroatoms. The zero-order chi connectivity index (χ0) is 20.6. The highest BCUT2D eigenvalue weighted by Gasteiger charge is 2.50. The van der Waals surface area contributed by atoms with Gasteiger partial charge in [-0.05, 0) is 44.4 Å². The minimum absolute atomic E-state index is 0.160. The smallest absolute Gasteiger partial charge is 0.326 e. The first kappa shape index (κ1) is 19.7. The lowest BCUT2D eigenvalue weighted by Crippen LogP contribution is -2.50. The molecule has 1 aromatic carbocycles. The summed E-state index contributed by atoms with van der Waals surface area (Å²) in [5.74, 6) is -1.63. The van der Waals surface area contributed by atoms with Gasteiger partial charge >= 0.3 is 12.0 Å². The lowest BCUT2D eigenvalue weighted by Gasteiger charge is -2.28. The molecule has 1 saturated carbocycles. The Kier molecular flexibility index (Phi) is 5.01. The summed E-state index contributed by atoms with van der Waals surface area (Å²) in [4.78, 5) is 51.5. The van der Waals surface area contributed by atoms with Gasteiger partial charge in [0.25, 0.3) is 5.91 Å². The fourth-order valence-corrected chi connectivity index (χ4v) is 3.39. The first-order valence-corrected chi connectivity index (χ1v) is 9.01. The summed E-state index contributed by atoms with van der Waals surface area (Å²) in [5.41, 5.74) is -0.758. The molecule has 0 aromatic heterocycles. The molecule has 2 aliphatic rings. The maximum atomic E-state index is 13.0. The molecule has 4 amide bonds. The van der Waals surface area contributed by atoms with E-state index in [4.69, 9.17) is 4.74 Å². The maximum Gasteiger partial charge on any atom is 0.326 e. The van der Waals surface area contributed by atoms with Crippen molar-refractivity contribution in [3.63, 3.8) is 0 Å². The van der Waals surface area contributed by atoms with Crippen LogP contribution in [0.4, 0.5) is 4.79 Å². The topological polar surface area (TPSA) is 116 Å². The van der Waals surface area contributed by atoms with Crippen molar-refractivity contribution in [3.8, 4) is 5.75 Å². The van der Waals surface area contributed by atoms with Gasteiger partial charge in [-0.15, -0.1) is 0 Å². The molecule has 28 heavy (non-hydrogen) atoms. The van der Waals surface area contributed by atoms with Crippen LogP contribution >= 0.6 is 0 Å². The first-order chi connectivity index (χ1) is 13.2. The molecule has 2 unspecified atom stereocenters. The van der Waals surface area contributed by atoms with Crippen LogP contribution in [0.3, 0.4) is 0 Å². The van der Waals surface area contributed by atoms with Gasteiger partial charge in [-0.2, -0.15) is 0 Å². The third-order valence-corrected chi connectivity index (χ3v) is 5.24. The van der Waals surface area contributed by atoms with Crippen molar-refractivity contribution in [2.75, 3.05) is 13.7 Å². The Morgan fingerprint density at radius 3 is 2.43 bits per heavy atom. The van der Waals surface area contributed by atoms with Crippen LogP contribution in [0.15, 0.2) is 24.3 Å². The summed E-state index contributed by atoms with van der Waals surface area (Å²) in [6.45, 7) is 2.49. The van der Waals surface area contributed by atoms with E-state index in [9.17, 15) is 24.3 Å². The molecule has 2 N–H and O–H groups in total. The molecular formula is C19H23N3O6. The molecule has 2 atom stereocenters. The van der Waals surface area contributed by atoms with Crippen molar-refractivity contribution in [3.05, 3.63) is 29.8 Å². The Morgan fingerprint density at radius 2 is 1.93 bits per heavy atom. The highest BCUT2D eigenvalue weighted by atomic mass is 16.5. The van der Waals surface area contributed by atoms with Crippen molar-refractivity contribution >= 4 is 23.8 Å². The van der Waals surface area contributed by atoms with Crippen LogP contribution in [0.2, 0.25) is 0 Å². The number of carboxylic acids is 1. The van der Waals surface area contributed by atoms with Gasteiger partial charge in [0.1, 0.15) is 23.9 Å². The number of carbonyl (C=O) groups excluding carboxylic acids is 3. The summed E-state index contributed by atoms with van der Waals surface area (Å²) in [6.07, 6.45) is 1.43. The second kappa shape index (κ2) is 7.14. The first-order valence-electron chi connectivity index (χ1n) is 9.01. The van der Waals surface area contributed by atoms with Crippen molar-refractivity contribution < 1.29 is 29.0 Å². The fraction of sp³-hybridized carbons (Fsp3) is 0.474. The number of hydrogen-bond donors (Lipinski definition) is 2. The Morgan fingerprint density at radius 1 is 1.32 bits per heavy atom. The lowest BCUT2D eigenvalue weighted by molar-refractivity contribution is -0.151. The average molecular weight is 389 g/mol. The van der Waals surface area contributed by atoms with Crippen LogP contribution < -0.4 is 10.1 Å². The molecule has 0 spiro atoms. The molecule has 2 fully saturated rings. The summed E-state index contributed by atoms with van der Waals surface area (Å²) in [6, 6.07) is 4.84.